The molecule has 0 unspecified atom stereocenters. The quantitative estimate of drug-likeness (QED) is 0.752. The van der Waals surface area contributed by atoms with E-state index in [9.17, 15) is 0 Å². The highest BCUT2D eigenvalue weighted by molar-refractivity contribution is 7.80. The van der Waals surface area contributed by atoms with Gasteiger partial charge in [0.15, 0.2) is 0 Å². The molecule has 0 aromatic heterocycles. The second kappa shape index (κ2) is 7.25. The van der Waals surface area contributed by atoms with Gasteiger partial charge in [-0.3, -0.25) is 0 Å². The van der Waals surface area contributed by atoms with Gasteiger partial charge in [-0.15, -0.1) is 0 Å². The maximum Gasteiger partial charge on any atom is 0.118 e. The Hall–Kier alpha value is -1.13. The first-order valence-corrected chi connectivity index (χ1v) is 6.12. The largest absolute Gasteiger partial charge is 0.497 e. The molecule has 0 aliphatic rings. The van der Waals surface area contributed by atoms with E-state index in [4.69, 9.17) is 22.7 Å². The van der Waals surface area contributed by atoms with E-state index in [2.05, 4.69) is 24.1 Å². The molecule has 0 spiro atoms. The minimum absolute atomic E-state index is 0.585. The van der Waals surface area contributed by atoms with Gasteiger partial charge in [0, 0.05) is 19.5 Å². The number of nitrogens with zero attached hydrogens (tertiary/aromatic N) is 1. The van der Waals surface area contributed by atoms with Crippen LogP contribution in [0.2, 0.25) is 0 Å². The molecule has 4 heteroatoms. The van der Waals surface area contributed by atoms with E-state index in [0.717, 1.165) is 31.7 Å². The highest BCUT2D eigenvalue weighted by Gasteiger charge is 2.00. The predicted molar refractivity (Wildman–Crippen MR) is 75.6 cm³/mol. The van der Waals surface area contributed by atoms with Gasteiger partial charge < -0.3 is 15.4 Å². The minimum Gasteiger partial charge on any atom is -0.497 e. The summed E-state index contributed by atoms with van der Waals surface area (Å²) in [6, 6.07) is 8.18. The molecule has 0 aliphatic carbocycles. The molecule has 1 rings (SSSR count). The fourth-order valence-electron chi connectivity index (χ4n) is 1.53. The number of benzene rings is 1. The van der Waals surface area contributed by atoms with Gasteiger partial charge in [0.1, 0.15) is 5.75 Å². The number of ether oxygens (including phenoxy) is 1. The second-order valence-electron chi connectivity index (χ2n) is 4.12. The fourth-order valence-corrected chi connectivity index (χ4v) is 1.62. The van der Waals surface area contributed by atoms with Crippen LogP contribution < -0.4 is 10.5 Å². The van der Waals surface area contributed by atoms with Crippen molar-refractivity contribution < 1.29 is 4.74 Å². The number of hydrogen-bond donors (Lipinski definition) is 1. The summed E-state index contributed by atoms with van der Waals surface area (Å²) in [5.74, 6) is 0.899. The molecule has 1 aromatic carbocycles. The number of likely N-dealkylation sites (N-methyl/N-ethyl adjacent to an activating group) is 1. The Morgan fingerprint density at radius 2 is 1.94 bits per heavy atom. The van der Waals surface area contributed by atoms with E-state index in [1.165, 1.54) is 5.56 Å². The van der Waals surface area contributed by atoms with Gasteiger partial charge in [-0.25, -0.2) is 0 Å². The molecule has 3 nitrogen and oxygen atoms in total. The Labute approximate surface area is 109 Å². The highest BCUT2D eigenvalue weighted by atomic mass is 32.1. The topological polar surface area (TPSA) is 38.5 Å². The lowest BCUT2D eigenvalue weighted by atomic mass is 10.1. The first-order valence-electron chi connectivity index (χ1n) is 5.71. The first-order chi connectivity index (χ1) is 8.11. The van der Waals surface area contributed by atoms with Crippen molar-refractivity contribution in [1.82, 2.24) is 4.90 Å². The molecule has 0 saturated heterocycles. The third-order valence-electron chi connectivity index (χ3n) is 2.68. The van der Waals surface area contributed by atoms with E-state index >= 15 is 0 Å². The van der Waals surface area contributed by atoms with Crippen molar-refractivity contribution in [2.24, 2.45) is 5.73 Å². The molecule has 0 radical (unpaired) electrons. The van der Waals surface area contributed by atoms with Crippen LogP contribution in [0.5, 0.6) is 5.75 Å². The van der Waals surface area contributed by atoms with Crippen molar-refractivity contribution in [3.63, 3.8) is 0 Å². The normalized spacial score (nSPS) is 10.5. The zero-order valence-corrected chi connectivity index (χ0v) is 11.3. The van der Waals surface area contributed by atoms with Gasteiger partial charge in [0.25, 0.3) is 0 Å². The molecular formula is C13H20N2OS. The maximum atomic E-state index is 5.47. The van der Waals surface area contributed by atoms with Crippen molar-refractivity contribution in [3.8, 4) is 5.75 Å². The zero-order chi connectivity index (χ0) is 12.7. The third kappa shape index (κ3) is 5.65. The van der Waals surface area contributed by atoms with Crippen molar-refractivity contribution in [2.75, 3.05) is 27.2 Å². The Kier molecular flexibility index (Phi) is 5.94. The molecule has 1 aromatic rings. The summed E-state index contributed by atoms with van der Waals surface area (Å²) in [4.78, 5) is 2.82. The minimum atomic E-state index is 0.585. The van der Waals surface area contributed by atoms with Crippen LogP contribution in [0.15, 0.2) is 24.3 Å². The SMILES string of the molecule is COc1ccc(CCN(C)CCC(N)=S)cc1. The summed E-state index contributed by atoms with van der Waals surface area (Å²) in [6.07, 6.45) is 1.81. The van der Waals surface area contributed by atoms with Crippen LogP contribution >= 0.6 is 12.2 Å². The lowest BCUT2D eigenvalue weighted by Gasteiger charge is -2.16. The molecule has 2 N–H and O–H groups in total. The van der Waals surface area contributed by atoms with Gasteiger partial charge in [-0.1, -0.05) is 24.4 Å². The summed E-state index contributed by atoms with van der Waals surface area (Å²) in [5.41, 5.74) is 6.78. The molecular weight excluding hydrogens is 232 g/mol. The van der Waals surface area contributed by atoms with E-state index in [-0.39, 0.29) is 0 Å². The average Bonchev–Trinajstić information content (AvgIpc) is 2.34. The Morgan fingerprint density at radius 1 is 1.29 bits per heavy atom. The molecule has 17 heavy (non-hydrogen) atoms. The zero-order valence-electron chi connectivity index (χ0n) is 10.5. The van der Waals surface area contributed by atoms with Gasteiger partial charge >= 0.3 is 0 Å². The average molecular weight is 252 g/mol. The van der Waals surface area contributed by atoms with Crippen LogP contribution in [0.4, 0.5) is 0 Å². The van der Waals surface area contributed by atoms with Crippen LogP contribution in [-0.4, -0.2) is 37.1 Å². The van der Waals surface area contributed by atoms with Gasteiger partial charge in [-0.05, 0) is 31.2 Å². The van der Waals surface area contributed by atoms with Crippen LogP contribution in [0, 0.1) is 0 Å². The molecule has 0 amide bonds. The Bertz CT molecular complexity index is 351. The van der Waals surface area contributed by atoms with Crippen LogP contribution in [0.3, 0.4) is 0 Å². The fraction of sp³-hybridized carbons (Fsp3) is 0.462. The number of methoxy groups -OCH3 is 1. The van der Waals surface area contributed by atoms with Crippen molar-refractivity contribution in [3.05, 3.63) is 29.8 Å². The standard InChI is InChI=1S/C13H20N2OS/c1-15(10-8-13(14)17)9-7-11-3-5-12(16-2)6-4-11/h3-6H,7-10H2,1-2H3,(H2,14,17). The third-order valence-corrected chi connectivity index (χ3v) is 2.89. The second-order valence-corrected chi connectivity index (χ2v) is 4.64. The molecule has 0 bridgehead atoms. The molecule has 0 fully saturated rings. The Morgan fingerprint density at radius 3 is 2.47 bits per heavy atom. The van der Waals surface area contributed by atoms with Gasteiger partial charge in [-0.2, -0.15) is 0 Å². The maximum absolute atomic E-state index is 5.47. The van der Waals surface area contributed by atoms with E-state index in [1.807, 2.05) is 12.1 Å². The van der Waals surface area contributed by atoms with E-state index in [1.54, 1.807) is 7.11 Å². The number of nitrogens with two attached hydrogens (primary N) is 1. The van der Waals surface area contributed by atoms with Crippen molar-refractivity contribution in [2.45, 2.75) is 12.8 Å². The van der Waals surface area contributed by atoms with Gasteiger partial charge in [0.05, 0.1) is 12.1 Å². The predicted octanol–water partition coefficient (Wildman–Crippen LogP) is 1.85. The number of hydrogen-bond acceptors (Lipinski definition) is 3. The number of thiocarbonyl (C=S) groups is 1. The summed E-state index contributed by atoms with van der Waals surface area (Å²) in [6.45, 7) is 1.93. The summed E-state index contributed by atoms with van der Waals surface area (Å²) < 4.78 is 5.12. The smallest absolute Gasteiger partial charge is 0.118 e. The lowest BCUT2D eigenvalue weighted by Crippen LogP contribution is -2.25. The molecule has 0 aliphatic heterocycles. The summed E-state index contributed by atoms with van der Waals surface area (Å²) in [7, 11) is 3.76. The van der Waals surface area contributed by atoms with Crippen LogP contribution in [0.25, 0.3) is 0 Å². The number of rotatable bonds is 7. The molecule has 0 atom stereocenters. The lowest BCUT2D eigenvalue weighted by molar-refractivity contribution is 0.349. The Balaban J connectivity index is 2.31. The van der Waals surface area contributed by atoms with Crippen molar-refractivity contribution in [1.29, 1.82) is 0 Å². The van der Waals surface area contributed by atoms with Crippen LogP contribution in [-0.2, 0) is 6.42 Å². The van der Waals surface area contributed by atoms with E-state index in [0.29, 0.717) is 4.99 Å². The summed E-state index contributed by atoms with van der Waals surface area (Å²) >= 11 is 4.86. The molecule has 0 heterocycles. The van der Waals surface area contributed by atoms with Crippen molar-refractivity contribution >= 4 is 17.2 Å². The van der Waals surface area contributed by atoms with Gasteiger partial charge in [0.2, 0.25) is 0 Å². The summed E-state index contributed by atoms with van der Waals surface area (Å²) in [5, 5.41) is 0. The molecule has 0 saturated carbocycles. The first kappa shape index (κ1) is 13.9. The monoisotopic (exact) mass is 252 g/mol. The highest BCUT2D eigenvalue weighted by Crippen LogP contribution is 2.11. The van der Waals surface area contributed by atoms with E-state index < -0.39 is 0 Å². The molecule has 94 valence electrons. The van der Waals surface area contributed by atoms with Crippen LogP contribution in [0.1, 0.15) is 12.0 Å².